The second kappa shape index (κ2) is 5.16. The molecule has 1 aromatic rings. The van der Waals surface area contributed by atoms with Crippen molar-refractivity contribution in [2.24, 2.45) is 7.05 Å². The lowest BCUT2D eigenvalue weighted by Gasteiger charge is -1.99. The summed E-state index contributed by atoms with van der Waals surface area (Å²) in [6, 6.07) is 2.04. The van der Waals surface area contributed by atoms with E-state index in [1.807, 2.05) is 6.07 Å². The summed E-state index contributed by atoms with van der Waals surface area (Å²) in [7, 11) is 1.70. The Morgan fingerprint density at radius 2 is 2.38 bits per heavy atom. The van der Waals surface area contributed by atoms with Crippen LogP contribution in [0.1, 0.15) is 24.6 Å². The van der Waals surface area contributed by atoms with E-state index in [2.05, 4.69) is 10.4 Å². The molecule has 1 amide bonds. The maximum absolute atomic E-state index is 10.6. The summed E-state index contributed by atoms with van der Waals surface area (Å²) in [5.74, 6) is 0.332. The van der Waals surface area contributed by atoms with Gasteiger partial charge in [-0.05, 0) is 12.8 Å². The van der Waals surface area contributed by atoms with Gasteiger partial charge in [-0.15, -0.1) is 0 Å². The van der Waals surface area contributed by atoms with E-state index < -0.39 is 0 Å². The first-order valence-electron chi connectivity index (χ1n) is 5.02. The Morgan fingerprint density at radius 1 is 1.69 bits per heavy atom. The first-order chi connectivity index (χ1) is 7.56. The number of amides is 1. The van der Waals surface area contributed by atoms with Gasteiger partial charge < -0.3 is 11.1 Å². The maximum Gasteiger partial charge on any atom is 0.216 e. The van der Waals surface area contributed by atoms with Crippen molar-refractivity contribution in [1.82, 2.24) is 15.1 Å². The van der Waals surface area contributed by atoms with Crippen LogP contribution in [0.2, 0.25) is 0 Å². The van der Waals surface area contributed by atoms with Crippen LogP contribution < -0.4 is 11.1 Å². The molecular formula is C10H15N5O. The Bertz CT molecular complexity index is 429. The minimum atomic E-state index is -0.0546. The van der Waals surface area contributed by atoms with Gasteiger partial charge in [0.25, 0.3) is 0 Å². The van der Waals surface area contributed by atoms with E-state index in [0.717, 1.165) is 6.42 Å². The molecule has 16 heavy (non-hydrogen) atoms. The number of nitrogens with two attached hydrogens (primary N) is 1. The van der Waals surface area contributed by atoms with E-state index >= 15 is 0 Å². The van der Waals surface area contributed by atoms with E-state index in [0.29, 0.717) is 30.0 Å². The van der Waals surface area contributed by atoms with Crippen LogP contribution >= 0.6 is 0 Å². The van der Waals surface area contributed by atoms with Crippen molar-refractivity contribution >= 4 is 11.7 Å². The van der Waals surface area contributed by atoms with E-state index in [-0.39, 0.29) is 5.91 Å². The van der Waals surface area contributed by atoms with Crippen molar-refractivity contribution in [3.8, 4) is 6.07 Å². The highest BCUT2D eigenvalue weighted by Gasteiger charge is 2.12. The zero-order chi connectivity index (χ0) is 12.1. The van der Waals surface area contributed by atoms with Gasteiger partial charge in [0.2, 0.25) is 5.91 Å². The topological polar surface area (TPSA) is 96.7 Å². The first kappa shape index (κ1) is 12.0. The number of carbonyl (C=O) groups excluding carboxylic acids is 1. The van der Waals surface area contributed by atoms with Crippen LogP contribution in [0.15, 0.2) is 0 Å². The summed E-state index contributed by atoms with van der Waals surface area (Å²) in [5.41, 5.74) is 6.80. The largest absolute Gasteiger partial charge is 0.383 e. The minimum absolute atomic E-state index is 0.0546. The molecular weight excluding hydrogens is 206 g/mol. The van der Waals surface area contributed by atoms with Crippen LogP contribution in [-0.2, 0) is 18.3 Å². The van der Waals surface area contributed by atoms with Gasteiger partial charge in [-0.3, -0.25) is 9.48 Å². The molecule has 3 N–H and O–H groups in total. The van der Waals surface area contributed by atoms with E-state index in [1.54, 1.807) is 7.05 Å². The normalized spacial score (nSPS) is 9.81. The molecule has 0 unspecified atom stereocenters. The molecule has 0 aliphatic rings. The second-order valence-corrected chi connectivity index (χ2v) is 3.53. The lowest BCUT2D eigenvalue weighted by atomic mass is 10.1. The number of carbonyl (C=O) groups is 1. The molecule has 6 nitrogen and oxygen atoms in total. The number of aryl methyl sites for hydroxylation is 2. The molecule has 0 bridgehead atoms. The van der Waals surface area contributed by atoms with Crippen molar-refractivity contribution < 1.29 is 4.79 Å². The highest BCUT2D eigenvalue weighted by molar-refractivity contribution is 5.72. The van der Waals surface area contributed by atoms with Crippen LogP contribution in [-0.4, -0.2) is 22.2 Å². The van der Waals surface area contributed by atoms with Gasteiger partial charge in [-0.2, -0.15) is 10.4 Å². The molecule has 0 fully saturated rings. The number of nitrogen functional groups attached to an aromatic ring is 1. The predicted molar refractivity (Wildman–Crippen MR) is 59.3 cm³/mol. The summed E-state index contributed by atoms with van der Waals surface area (Å²) in [5, 5.41) is 15.7. The van der Waals surface area contributed by atoms with Crippen LogP contribution in [0.4, 0.5) is 5.82 Å². The third kappa shape index (κ3) is 2.73. The van der Waals surface area contributed by atoms with E-state index in [9.17, 15) is 4.79 Å². The molecule has 1 heterocycles. The monoisotopic (exact) mass is 221 g/mol. The van der Waals surface area contributed by atoms with Crippen molar-refractivity contribution in [3.63, 3.8) is 0 Å². The fourth-order valence-corrected chi connectivity index (χ4v) is 1.41. The SMILES string of the molecule is CC(=O)NCCCc1nn(C)c(N)c1C#N. The van der Waals surface area contributed by atoms with Gasteiger partial charge in [-0.1, -0.05) is 0 Å². The number of nitrogens with one attached hydrogen (secondary N) is 1. The Hall–Kier alpha value is -2.03. The van der Waals surface area contributed by atoms with Gasteiger partial charge >= 0.3 is 0 Å². The number of anilines is 1. The molecule has 0 saturated carbocycles. The van der Waals surface area contributed by atoms with Gasteiger partial charge in [0.15, 0.2) is 0 Å². The van der Waals surface area contributed by atoms with Gasteiger partial charge in [-0.25, -0.2) is 0 Å². The number of hydrogen-bond acceptors (Lipinski definition) is 4. The van der Waals surface area contributed by atoms with Crippen molar-refractivity contribution in [2.75, 3.05) is 12.3 Å². The van der Waals surface area contributed by atoms with Crippen molar-refractivity contribution in [1.29, 1.82) is 5.26 Å². The van der Waals surface area contributed by atoms with Crippen molar-refractivity contribution in [3.05, 3.63) is 11.3 Å². The molecule has 0 aliphatic carbocycles. The summed E-state index contributed by atoms with van der Waals surface area (Å²) in [6.45, 7) is 2.05. The molecule has 1 rings (SSSR count). The molecule has 0 spiro atoms. The first-order valence-corrected chi connectivity index (χ1v) is 5.02. The Kier molecular flexibility index (Phi) is 3.89. The zero-order valence-corrected chi connectivity index (χ0v) is 9.45. The number of aromatic nitrogens is 2. The Morgan fingerprint density at radius 3 is 2.94 bits per heavy atom. The van der Waals surface area contributed by atoms with Crippen LogP contribution in [0.3, 0.4) is 0 Å². The van der Waals surface area contributed by atoms with E-state index in [1.165, 1.54) is 11.6 Å². The highest BCUT2D eigenvalue weighted by Crippen LogP contribution is 2.15. The standard InChI is InChI=1S/C10H15N5O/c1-7(16)13-5-3-4-9-8(6-11)10(12)15(2)14-9/h3-5,12H2,1-2H3,(H,13,16). The summed E-state index contributed by atoms with van der Waals surface area (Å²) in [4.78, 5) is 10.6. The van der Waals surface area contributed by atoms with E-state index in [4.69, 9.17) is 11.0 Å². The smallest absolute Gasteiger partial charge is 0.216 e. The lowest BCUT2D eigenvalue weighted by Crippen LogP contribution is -2.21. The summed E-state index contributed by atoms with van der Waals surface area (Å²) in [6.07, 6.45) is 1.37. The summed E-state index contributed by atoms with van der Waals surface area (Å²) >= 11 is 0. The number of nitriles is 1. The van der Waals surface area contributed by atoms with Gasteiger partial charge in [0.1, 0.15) is 17.5 Å². The second-order valence-electron chi connectivity index (χ2n) is 3.53. The zero-order valence-electron chi connectivity index (χ0n) is 9.45. The molecule has 0 radical (unpaired) electrons. The molecule has 1 aromatic heterocycles. The molecule has 6 heteroatoms. The highest BCUT2D eigenvalue weighted by atomic mass is 16.1. The lowest BCUT2D eigenvalue weighted by molar-refractivity contribution is -0.118. The molecule has 0 aromatic carbocycles. The number of nitrogens with zero attached hydrogens (tertiary/aromatic N) is 3. The molecule has 0 saturated heterocycles. The van der Waals surface area contributed by atoms with Crippen LogP contribution in [0.5, 0.6) is 0 Å². The van der Waals surface area contributed by atoms with Crippen molar-refractivity contribution in [2.45, 2.75) is 19.8 Å². The van der Waals surface area contributed by atoms with Gasteiger partial charge in [0, 0.05) is 20.5 Å². The maximum atomic E-state index is 10.6. The van der Waals surface area contributed by atoms with Crippen LogP contribution in [0, 0.1) is 11.3 Å². The predicted octanol–water partition coefficient (Wildman–Crippen LogP) is -0.0573. The average molecular weight is 221 g/mol. The third-order valence-electron chi connectivity index (χ3n) is 2.24. The number of rotatable bonds is 4. The Labute approximate surface area is 94.0 Å². The molecule has 0 atom stereocenters. The van der Waals surface area contributed by atoms with Gasteiger partial charge in [0.05, 0.1) is 5.69 Å². The number of hydrogen-bond donors (Lipinski definition) is 2. The fourth-order valence-electron chi connectivity index (χ4n) is 1.41. The average Bonchev–Trinajstić information content (AvgIpc) is 2.49. The minimum Gasteiger partial charge on any atom is -0.383 e. The fraction of sp³-hybridized carbons (Fsp3) is 0.500. The van der Waals surface area contributed by atoms with Crippen LogP contribution in [0.25, 0.3) is 0 Å². The Balaban J connectivity index is 2.58. The molecule has 86 valence electrons. The third-order valence-corrected chi connectivity index (χ3v) is 2.24. The quantitative estimate of drug-likeness (QED) is 0.696. The summed E-state index contributed by atoms with van der Waals surface area (Å²) < 4.78 is 1.49. The molecule has 0 aliphatic heterocycles.